The van der Waals surface area contributed by atoms with Gasteiger partial charge in [-0.3, -0.25) is 9.69 Å². The van der Waals surface area contributed by atoms with Gasteiger partial charge in [-0.25, -0.2) is 9.97 Å². The van der Waals surface area contributed by atoms with E-state index < -0.39 is 0 Å². The highest BCUT2D eigenvalue weighted by Gasteiger charge is 2.22. The second-order valence-corrected chi connectivity index (χ2v) is 11.2. The Bertz CT molecular complexity index is 1340. The number of furan rings is 1. The number of carbonyl (C=O) groups excluding carboxylic acids is 1. The molecule has 6 rings (SSSR count). The van der Waals surface area contributed by atoms with Crippen molar-refractivity contribution >= 4 is 23.5 Å². The van der Waals surface area contributed by atoms with Crippen molar-refractivity contribution < 1.29 is 28.2 Å². The van der Waals surface area contributed by atoms with E-state index in [-0.39, 0.29) is 18.8 Å². The Morgan fingerprint density at radius 3 is 2.80 bits per heavy atom. The van der Waals surface area contributed by atoms with E-state index in [2.05, 4.69) is 32.2 Å². The number of nitrogens with zero attached hydrogens (tertiary/aromatic N) is 4. The van der Waals surface area contributed by atoms with Crippen LogP contribution in [0.5, 0.6) is 11.5 Å². The summed E-state index contributed by atoms with van der Waals surface area (Å²) in [6.45, 7) is 6.38. The lowest BCUT2D eigenvalue weighted by Gasteiger charge is -2.35. The molecule has 1 atom stereocenters. The van der Waals surface area contributed by atoms with Gasteiger partial charge in [0.25, 0.3) is 5.91 Å². The number of methoxy groups -OCH3 is 1. The molecule has 3 aliphatic heterocycles. The zero-order chi connectivity index (χ0) is 28.0. The monoisotopic (exact) mass is 581 g/mol. The molecule has 218 valence electrons. The molecule has 2 fully saturated rings. The summed E-state index contributed by atoms with van der Waals surface area (Å²) >= 11 is 1.48. The first-order valence-corrected chi connectivity index (χ1v) is 15.0. The Labute approximate surface area is 243 Å². The molecule has 3 aliphatic rings. The highest BCUT2D eigenvalue weighted by Crippen LogP contribution is 2.33. The maximum Gasteiger partial charge on any atom is 0.287 e. The van der Waals surface area contributed by atoms with E-state index in [0.717, 1.165) is 75.2 Å². The smallest absolute Gasteiger partial charge is 0.287 e. The molecule has 0 unspecified atom stereocenters. The van der Waals surface area contributed by atoms with E-state index in [1.807, 2.05) is 18.2 Å². The van der Waals surface area contributed by atoms with Crippen molar-refractivity contribution in [1.82, 2.24) is 20.2 Å². The van der Waals surface area contributed by atoms with Crippen molar-refractivity contribution in [1.29, 1.82) is 0 Å². The first-order valence-electron chi connectivity index (χ1n) is 14.0. The predicted molar refractivity (Wildman–Crippen MR) is 152 cm³/mol. The minimum atomic E-state index is -0.227. The number of piperazine rings is 1. The number of hydrogen-bond donors (Lipinski definition) is 1. The Morgan fingerprint density at radius 2 is 1.98 bits per heavy atom. The van der Waals surface area contributed by atoms with Gasteiger partial charge in [-0.2, -0.15) is 0 Å². The number of hydrogen-bond acceptors (Lipinski definition) is 11. The van der Waals surface area contributed by atoms with Gasteiger partial charge < -0.3 is 33.6 Å². The van der Waals surface area contributed by atoms with E-state index in [4.69, 9.17) is 28.3 Å². The van der Waals surface area contributed by atoms with Crippen LogP contribution < -0.4 is 19.7 Å². The zero-order valence-corrected chi connectivity index (χ0v) is 24.0. The number of thioether (sulfide) groups is 1. The van der Waals surface area contributed by atoms with Crippen LogP contribution in [0.4, 0.5) is 5.82 Å². The van der Waals surface area contributed by atoms with Crippen molar-refractivity contribution in [2.24, 2.45) is 0 Å². The lowest BCUT2D eigenvalue weighted by molar-refractivity contribution is 0.0834. The predicted octanol–water partition coefficient (Wildman–Crippen LogP) is 3.47. The summed E-state index contributed by atoms with van der Waals surface area (Å²) in [5, 5.41) is 3.55. The molecule has 2 saturated heterocycles. The molecule has 1 amide bonds. The van der Waals surface area contributed by atoms with Gasteiger partial charge in [-0.1, -0.05) is 17.8 Å². The minimum Gasteiger partial charge on any atom is -0.455 e. The maximum atomic E-state index is 12.5. The fraction of sp³-hybridized carbons (Fsp3) is 0.483. The van der Waals surface area contributed by atoms with E-state index in [1.165, 1.54) is 17.3 Å². The van der Waals surface area contributed by atoms with Gasteiger partial charge in [-0.15, -0.1) is 0 Å². The first-order chi connectivity index (χ1) is 20.1. The summed E-state index contributed by atoms with van der Waals surface area (Å²) in [4.78, 5) is 26.7. The molecule has 1 N–H and O–H groups in total. The summed E-state index contributed by atoms with van der Waals surface area (Å²) in [7, 11) is 1.66. The second-order valence-electron chi connectivity index (χ2n) is 10.3. The number of ether oxygens (including phenoxy) is 4. The van der Waals surface area contributed by atoms with Crippen LogP contribution in [0, 0.1) is 0 Å². The minimum absolute atomic E-state index is 0.0905. The van der Waals surface area contributed by atoms with Gasteiger partial charge >= 0.3 is 0 Å². The van der Waals surface area contributed by atoms with Crippen LogP contribution in [0.1, 0.15) is 40.4 Å². The zero-order valence-electron chi connectivity index (χ0n) is 23.2. The third-order valence-electron chi connectivity index (χ3n) is 7.32. The van der Waals surface area contributed by atoms with Crippen LogP contribution in [0.15, 0.2) is 46.0 Å². The number of aromatic nitrogens is 2. The summed E-state index contributed by atoms with van der Waals surface area (Å²) in [5.74, 6) is 3.80. The number of carbonyl (C=O) groups is 1. The van der Waals surface area contributed by atoms with E-state index in [9.17, 15) is 4.79 Å². The Hall–Kier alpha value is -3.32. The maximum absolute atomic E-state index is 12.5. The molecular weight excluding hydrogens is 546 g/mol. The summed E-state index contributed by atoms with van der Waals surface area (Å²) in [6, 6.07) is 11.7. The van der Waals surface area contributed by atoms with Gasteiger partial charge in [0.05, 0.1) is 24.2 Å². The first kappa shape index (κ1) is 27.8. The highest BCUT2D eigenvalue weighted by molar-refractivity contribution is 7.98. The SMILES string of the molecule is COCc1cc(N2CCN(Cc3ccc4c(c3)OCO4)CC2)nc(SCc2ccc(C(=O)NC[C@H]3CCCO3)o2)n1. The molecule has 0 bridgehead atoms. The third kappa shape index (κ3) is 7.13. The Kier molecular flexibility index (Phi) is 8.90. The van der Waals surface area contributed by atoms with Gasteiger partial charge in [0.1, 0.15) is 11.6 Å². The summed E-state index contributed by atoms with van der Waals surface area (Å²) in [5.41, 5.74) is 2.05. The standard InChI is InChI=1S/C29H35N5O6S/c1-36-17-21-14-27(34-10-8-33(9-11-34)16-20-4-6-24-26(13-20)39-19-38-24)32-29(31-21)41-18-23-5-7-25(40-23)28(35)30-15-22-3-2-12-37-22/h4-7,13-14,22H,2-3,8-12,15-19H2,1H3,(H,30,35)/t22-/m1/s1. The molecule has 2 aromatic heterocycles. The molecule has 5 heterocycles. The normalized spacial score (nSPS) is 18.7. The number of fused-ring (bicyclic) bond motifs is 1. The molecule has 0 aliphatic carbocycles. The van der Waals surface area contributed by atoms with Crippen LogP contribution in [-0.2, 0) is 28.4 Å². The van der Waals surface area contributed by atoms with Crippen molar-refractivity contribution in [2.45, 2.75) is 43.0 Å². The average molecular weight is 582 g/mol. The number of rotatable bonds is 11. The average Bonchev–Trinajstić information content (AvgIpc) is 3.78. The topological polar surface area (TPSA) is 111 Å². The van der Waals surface area contributed by atoms with Gasteiger partial charge in [0.15, 0.2) is 22.4 Å². The molecular formula is C29H35N5O6S. The third-order valence-corrected chi connectivity index (χ3v) is 8.19. The second kappa shape index (κ2) is 13.1. The molecule has 0 radical (unpaired) electrons. The van der Waals surface area contributed by atoms with Crippen molar-refractivity contribution in [3.05, 3.63) is 59.2 Å². The molecule has 3 aromatic rings. The lowest BCUT2D eigenvalue weighted by atomic mass is 10.1. The summed E-state index contributed by atoms with van der Waals surface area (Å²) in [6.07, 6.45) is 2.10. The van der Waals surface area contributed by atoms with E-state index in [0.29, 0.717) is 35.6 Å². The van der Waals surface area contributed by atoms with Crippen LogP contribution in [0.25, 0.3) is 0 Å². The van der Waals surface area contributed by atoms with Crippen molar-refractivity contribution in [2.75, 3.05) is 58.1 Å². The van der Waals surface area contributed by atoms with E-state index >= 15 is 0 Å². The highest BCUT2D eigenvalue weighted by atomic mass is 32.2. The number of amides is 1. The Balaban J connectivity index is 1.03. The van der Waals surface area contributed by atoms with Crippen molar-refractivity contribution in [3.63, 3.8) is 0 Å². The Morgan fingerprint density at radius 1 is 1.10 bits per heavy atom. The van der Waals surface area contributed by atoms with Crippen LogP contribution in [0.2, 0.25) is 0 Å². The largest absolute Gasteiger partial charge is 0.455 e. The van der Waals surface area contributed by atoms with Crippen molar-refractivity contribution in [3.8, 4) is 11.5 Å². The van der Waals surface area contributed by atoms with E-state index in [1.54, 1.807) is 13.2 Å². The van der Waals surface area contributed by atoms with Gasteiger partial charge in [0.2, 0.25) is 6.79 Å². The molecule has 41 heavy (non-hydrogen) atoms. The fourth-order valence-electron chi connectivity index (χ4n) is 5.15. The van der Waals surface area contributed by atoms with Gasteiger partial charge in [-0.05, 0) is 42.7 Å². The molecule has 0 saturated carbocycles. The number of nitrogens with one attached hydrogen (secondary N) is 1. The summed E-state index contributed by atoms with van der Waals surface area (Å²) < 4.78 is 27.7. The van der Waals surface area contributed by atoms with Crippen LogP contribution in [-0.4, -0.2) is 80.1 Å². The van der Waals surface area contributed by atoms with Crippen LogP contribution in [0.3, 0.4) is 0 Å². The quantitative estimate of drug-likeness (QED) is 0.265. The molecule has 1 aromatic carbocycles. The molecule has 12 heteroatoms. The fourth-order valence-corrected chi connectivity index (χ4v) is 5.92. The molecule has 11 nitrogen and oxygen atoms in total. The number of anilines is 1. The lowest BCUT2D eigenvalue weighted by Crippen LogP contribution is -2.46. The van der Waals surface area contributed by atoms with Crippen LogP contribution >= 0.6 is 11.8 Å². The van der Waals surface area contributed by atoms with Gasteiger partial charge in [0, 0.05) is 59.1 Å². The number of benzene rings is 1. The molecule has 0 spiro atoms.